The van der Waals surface area contributed by atoms with Gasteiger partial charge in [0.1, 0.15) is 6.23 Å². The zero-order valence-corrected chi connectivity index (χ0v) is 5.20. The van der Waals surface area contributed by atoms with E-state index in [1.807, 2.05) is 0 Å². The van der Waals surface area contributed by atoms with Gasteiger partial charge in [-0.15, -0.1) is 0 Å². The second-order valence-corrected chi connectivity index (χ2v) is 1.95. The molecule has 0 aromatic carbocycles. The summed E-state index contributed by atoms with van der Waals surface area (Å²) >= 11 is 0. The van der Waals surface area contributed by atoms with Gasteiger partial charge in [-0.05, 0) is 6.42 Å². The summed E-state index contributed by atoms with van der Waals surface area (Å²) in [6.07, 6.45) is -0.684. The first-order valence-corrected chi connectivity index (χ1v) is 2.87. The van der Waals surface area contributed by atoms with Crippen LogP contribution in [0.1, 0.15) is 6.42 Å². The molecule has 9 heavy (non-hydrogen) atoms. The highest BCUT2D eigenvalue weighted by molar-refractivity contribution is 4.60. The van der Waals surface area contributed by atoms with Gasteiger partial charge in [0, 0.05) is 19.1 Å². The van der Waals surface area contributed by atoms with Gasteiger partial charge in [0.15, 0.2) is 0 Å². The van der Waals surface area contributed by atoms with E-state index in [4.69, 9.17) is 21.1 Å². The molecular weight excluding hydrogens is 122 g/mol. The molecule has 0 aliphatic rings. The summed E-state index contributed by atoms with van der Waals surface area (Å²) in [6, 6.07) is 0. The predicted octanol–water partition coefficient (Wildman–Crippen LogP) is -1.75. The molecule has 2 unspecified atom stereocenters. The molecule has 0 aliphatic heterocycles. The molecule has 0 saturated heterocycles. The zero-order valence-electron chi connectivity index (χ0n) is 5.20. The summed E-state index contributed by atoms with van der Waals surface area (Å²) in [5.41, 5.74) is 5.02. The molecule has 0 fully saturated rings. The average molecular weight is 135 g/mol. The molecule has 0 bridgehead atoms. The maximum atomic E-state index is 8.65. The Kier molecular flexibility index (Phi) is 4.61. The van der Waals surface area contributed by atoms with Gasteiger partial charge >= 0.3 is 0 Å². The lowest BCUT2D eigenvalue weighted by Crippen LogP contribution is -2.32. The lowest BCUT2D eigenvalue weighted by atomic mass is 10.1. The summed E-state index contributed by atoms with van der Waals surface area (Å²) in [6.45, 7) is -0.238. The Labute approximate surface area is 53.9 Å². The fourth-order valence-electron chi connectivity index (χ4n) is 0.536. The molecule has 56 valence electrons. The third kappa shape index (κ3) is 3.42. The average Bonchev–Trinajstić information content (AvgIpc) is 1.82. The van der Waals surface area contributed by atoms with E-state index in [0.717, 1.165) is 0 Å². The summed E-state index contributed by atoms with van der Waals surface area (Å²) < 4.78 is 0. The zero-order chi connectivity index (χ0) is 7.28. The Morgan fingerprint density at radius 2 is 1.89 bits per heavy atom. The van der Waals surface area contributed by atoms with E-state index >= 15 is 0 Å². The van der Waals surface area contributed by atoms with E-state index in [-0.39, 0.29) is 13.2 Å². The van der Waals surface area contributed by atoms with Crippen LogP contribution in [0.15, 0.2) is 0 Å². The lowest BCUT2D eigenvalue weighted by molar-refractivity contribution is 0.0561. The van der Waals surface area contributed by atoms with Crippen LogP contribution in [-0.2, 0) is 0 Å². The second kappa shape index (κ2) is 4.69. The fraction of sp³-hybridized carbons (Fsp3) is 1.00. The van der Waals surface area contributed by atoms with Gasteiger partial charge in [-0.3, -0.25) is 0 Å². The molecule has 0 spiro atoms. The molecule has 0 heterocycles. The van der Waals surface area contributed by atoms with Crippen LogP contribution in [0.25, 0.3) is 0 Å². The van der Waals surface area contributed by atoms with Gasteiger partial charge in [0.25, 0.3) is 0 Å². The number of aliphatic hydroxyl groups excluding tert-OH is 3. The molecule has 4 heteroatoms. The van der Waals surface area contributed by atoms with Crippen LogP contribution in [0.2, 0.25) is 0 Å². The molecular formula is C5H13NO3. The number of hydrogen-bond acceptors (Lipinski definition) is 4. The van der Waals surface area contributed by atoms with E-state index in [1.54, 1.807) is 0 Å². The molecule has 0 amide bonds. The van der Waals surface area contributed by atoms with Gasteiger partial charge in [0.05, 0.1) is 0 Å². The SMILES string of the molecule is NC(O)C(CO)CCO. The van der Waals surface area contributed by atoms with E-state index in [2.05, 4.69) is 0 Å². The third-order valence-electron chi connectivity index (χ3n) is 1.22. The van der Waals surface area contributed by atoms with Crippen molar-refractivity contribution in [2.45, 2.75) is 12.6 Å². The number of aliphatic hydroxyl groups is 3. The Bertz CT molecular complexity index is 67.2. The lowest BCUT2D eigenvalue weighted by Gasteiger charge is -2.14. The van der Waals surface area contributed by atoms with Crippen LogP contribution in [0.5, 0.6) is 0 Å². The summed E-state index contributed by atoms with van der Waals surface area (Å²) in [5, 5.41) is 25.5. The minimum atomic E-state index is -1.03. The van der Waals surface area contributed by atoms with Crippen LogP contribution in [0, 0.1) is 5.92 Å². The molecule has 0 aromatic rings. The van der Waals surface area contributed by atoms with Crippen LogP contribution in [-0.4, -0.2) is 34.8 Å². The monoisotopic (exact) mass is 135 g/mol. The first kappa shape index (κ1) is 8.84. The highest BCUT2D eigenvalue weighted by Gasteiger charge is 2.12. The highest BCUT2D eigenvalue weighted by atomic mass is 16.3. The molecule has 0 aliphatic carbocycles. The predicted molar refractivity (Wildman–Crippen MR) is 32.5 cm³/mol. The van der Waals surface area contributed by atoms with Crippen molar-refractivity contribution in [3.8, 4) is 0 Å². The Hall–Kier alpha value is -0.160. The largest absolute Gasteiger partial charge is 0.396 e. The normalized spacial score (nSPS) is 17.3. The number of nitrogens with two attached hydrogens (primary N) is 1. The molecule has 0 saturated carbocycles. The van der Waals surface area contributed by atoms with Gasteiger partial charge < -0.3 is 21.1 Å². The quantitative estimate of drug-likeness (QED) is 0.344. The van der Waals surface area contributed by atoms with Crippen molar-refractivity contribution < 1.29 is 15.3 Å². The summed E-state index contributed by atoms with van der Waals surface area (Å²) in [4.78, 5) is 0. The van der Waals surface area contributed by atoms with Crippen molar-refractivity contribution in [3.63, 3.8) is 0 Å². The number of hydrogen-bond donors (Lipinski definition) is 4. The smallest absolute Gasteiger partial charge is 0.107 e. The van der Waals surface area contributed by atoms with Gasteiger partial charge in [-0.2, -0.15) is 0 Å². The molecule has 2 atom stereocenters. The Morgan fingerprint density at radius 1 is 1.33 bits per heavy atom. The molecule has 0 rings (SSSR count). The van der Waals surface area contributed by atoms with E-state index < -0.39 is 12.1 Å². The minimum Gasteiger partial charge on any atom is -0.396 e. The van der Waals surface area contributed by atoms with Crippen molar-refractivity contribution in [1.29, 1.82) is 0 Å². The van der Waals surface area contributed by atoms with Crippen molar-refractivity contribution in [1.82, 2.24) is 0 Å². The van der Waals surface area contributed by atoms with Gasteiger partial charge in [-0.25, -0.2) is 0 Å². The Balaban J connectivity index is 3.41. The van der Waals surface area contributed by atoms with Gasteiger partial charge in [-0.1, -0.05) is 0 Å². The first-order valence-electron chi connectivity index (χ1n) is 2.87. The second-order valence-electron chi connectivity index (χ2n) is 1.95. The maximum absolute atomic E-state index is 8.65. The summed E-state index contributed by atoms with van der Waals surface area (Å²) in [5.74, 6) is -0.394. The molecule has 0 radical (unpaired) electrons. The number of rotatable bonds is 4. The van der Waals surface area contributed by atoms with Crippen LogP contribution < -0.4 is 5.73 Å². The van der Waals surface area contributed by atoms with E-state index in [9.17, 15) is 0 Å². The molecule has 4 nitrogen and oxygen atoms in total. The van der Waals surface area contributed by atoms with Crippen LogP contribution >= 0.6 is 0 Å². The van der Waals surface area contributed by atoms with Crippen LogP contribution in [0.4, 0.5) is 0 Å². The summed E-state index contributed by atoms with van der Waals surface area (Å²) in [7, 11) is 0. The first-order chi connectivity index (χ1) is 4.22. The van der Waals surface area contributed by atoms with Crippen molar-refractivity contribution in [2.75, 3.05) is 13.2 Å². The van der Waals surface area contributed by atoms with Crippen molar-refractivity contribution in [3.05, 3.63) is 0 Å². The van der Waals surface area contributed by atoms with E-state index in [1.165, 1.54) is 0 Å². The van der Waals surface area contributed by atoms with E-state index in [0.29, 0.717) is 6.42 Å². The van der Waals surface area contributed by atoms with Crippen molar-refractivity contribution in [2.24, 2.45) is 11.7 Å². The Morgan fingerprint density at radius 3 is 2.00 bits per heavy atom. The maximum Gasteiger partial charge on any atom is 0.107 e. The topological polar surface area (TPSA) is 86.7 Å². The van der Waals surface area contributed by atoms with Crippen molar-refractivity contribution >= 4 is 0 Å². The molecule has 5 N–H and O–H groups in total. The highest BCUT2D eigenvalue weighted by Crippen LogP contribution is 2.02. The van der Waals surface area contributed by atoms with Gasteiger partial charge in [0.2, 0.25) is 0 Å². The third-order valence-corrected chi connectivity index (χ3v) is 1.22. The minimum absolute atomic E-state index is 0.0561. The standard InChI is InChI=1S/C5H13NO3/c6-5(9)4(3-8)1-2-7/h4-5,7-9H,1-3,6H2. The molecule has 0 aromatic heterocycles. The van der Waals surface area contributed by atoms with Crippen LogP contribution in [0.3, 0.4) is 0 Å². The fourth-order valence-corrected chi connectivity index (χ4v) is 0.536.